The van der Waals surface area contributed by atoms with E-state index >= 15 is 0 Å². The molecular weight excluding hydrogens is 560 g/mol. The highest BCUT2D eigenvalue weighted by atomic mass is 16.6. The zero-order valence-corrected chi connectivity index (χ0v) is 26.3. The predicted octanol–water partition coefficient (Wildman–Crippen LogP) is 7.88. The van der Waals surface area contributed by atoms with Gasteiger partial charge in [0.1, 0.15) is 5.60 Å². The van der Waals surface area contributed by atoms with Gasteiger partial charge in [0.2, 0.25) is 0 Å². The topological polar surface area (TPSA) is 124 Å². The molecule has 4 aromatic rings. The van der Waals surface area contributed by atoms with Crippen LogP contribution in [0.1, 0.15) is 65.3 Å². The highest BCUT2D eigenvalue weighted by Gasteiger charge is 2.29. The van der Waals surface area contributed by atoms with E-state index in [1.54, 1.807) is 58.2 Å². The molecule has 0 unspecified atom stereocenters. The van der Waals surface area contributed by atoms with Crippen molar-refractivity contribution >= 4 is 46.5 Å². The summed E-state index contributed by atoms with van der Waals surface area (Å²) < 4.78 is 11.8. The highest BCUT2D eigenvalue weighted by Crippen LogP contribution is 2.37. The summed E-state index contributed by atoms with van der Waals surface area (Å²) >= 11 is 0. The van der Waals surface area contributed by atoms with E-state index in [-0.39, 0.29) is 0 Å². The van der Waals surface area contributed by atoms with E-state index in [9.17, 15) is 19.5 Å². The summed E-state index contributed by atoms with van der Waals surface area (Å²) in [5, 5.41) is 14.8. The lowest BCUT2D eigenvalue weighted by Gasteiger charge is -2.29. The predicted molar refractivity (Wildman–Crippen MR) is 170 cm³/mol. The standard InChI is InChI=1S/C34H38N4O6/c1-9-43-29(39)16-13-22-11-10-12-23(17-22)26-19-28(21(2)20-35-26)37(32(42)44-34(6,7)8)24-14-15-27-25(18-24)30(33(3,4)5)36-38(27)31(40)41/h10-20H,9H2,1-8H3,(H,40,41). The minimum absolute atomic E-state index is 0.291. The number of nitrogens with zero attached hydrogens (tertiary/aromatic N) is 4. The number of esters is 1. The van der Waals surface area contributed by atoms with Crippen molar-refractivity contribution in [2.24, 2.45) is 0 Å². The number of amides is 1. The number of carbonyl (C=O) groups excluding carboxylic acids is 2. The van der Waals surface area contributed by atoms with Crippen LogP contribution in [-0.4, -0.2) is 50.2 Å². The van der Waals surface area contributed by atoms with Crippen molar-refractivity contribution in [1.82, 2.24) is 14.8 Å². The number of aromatic nitrogens is 3. The van der Waals surface area contributed by atoms with E-state index in [0.29, 0.717) is 40.3 Å². The Labute approximate surface area is 256 Å². The molecule has 0 aliphatic heterocycles. The Morgan fingerprint density at radius 2 is 1.75 bits per heavy atom. The highest BCUT2D eigenvalue weighted by molar-refractivity contribution is 6.01. The van der Waals surface area contributed by atoms with Crippen LogP contribution >= 0.6 is 0 Å². The third-order valence-corrected chi connectivity index (χ3v) is 6.59. The Balaban J connectivity index is 1.88. The second kappa shape index (κ2) is 12.3. The molecule has 0 saturated heterocycles. The number of rotatable bonds is 6. The Kier molecular flexibility index (Phi) is 8.94. The van der Waals surface area contributed by atoms with E-state index in [0.717, 1.165) is 21.4 Å². The Morgan fingerprint density at radius 1 is 1.02 bits per heavy atom. The summed E-state index contributed by atoms with van der Waals surface area (Å²) in [6, 6.07) is 14.4. The number of fused-ring (bicyclic) bond motifs is 1. The summed E-state index contributed by atoms with van der Waals surface area (Å²) in [6.45, 7) is 15.1. The summed E-state index contributed by atoms with van der Waals surface area (Å²) in [7, 11) is 0. The quantitative estimate of drug-likeness (QED) is 0.176. The summed E-state index contributed by atoms with van der Waals surface area (Å²) in [5.74, 6) is -0.429. The number of carboxylic acid groups (broad SMARTS) is 1. The van der Waals surface area contributed by atoms with Gasteiger partial charge in [0.15, 0.2) is 0 Å². The molecule has 44 heavy (non-hydrogen) atoms. The van der Waals surface area contributed by atoms with Crippen molar-refractivity contribution in [3.05, 3.63) is 77.6 Å². The summed E-state index contributed by atoms with van der Waals surface area (Å²) in [4.78, 5) is 43.8. The summed E-state index contributed by atoms with van der Waals surface area (Å²) in [6.07, 6.45) is 2.92. The number of aryl methyl sites for hydroxylation is 1. The van der Waals surface area contributed by atoms with Crippen LogP contribution in [0.4, 0.5) is 21.0 Å². The summed E-state index contributed by atoms with van der Waals surface area (Å²) in [5.41, 5.74) is 3.63. The average Bonchev–Trinajstić information content (AvgIpc) is 3.33. The normalized spacial score (nSPS) is 12.0. The number of benzene rings is 2. The van der Waals surface area contributed by atoms with Gasteiger partial charge in [-0.3, -0.25) is 4.98 Å². The molecular formula is C34H38N4O6. The average molecular weight is 599 g/mol. The molecule has 0 bridgehead atoms. The first kappa shape index (κ1) is 31.9. The lowest BCUT2D eigenvalue weighted by atomic mass is 9.90. The maximum Gasteiger partial charge on any atom is 0.432 e. The smallest absolute Gasteiger partial charge is 0.432 e. The number of anilines is 2. The van der Waals surface area contributed by atoms with Crippen molar-refractivity contribution in [3.8, 4) is 11.3 Å². The molecule has 1 amide bonds. The number of carbonyl (C=O) groups is 3. The zero-order chi connectivity index (χ0) is 32.4. The van der Waals surface area contributed by atoms with Crippen LogP contribution in [0.25, 0.3) is 28.2 Å². The maximum absolute atomic E-state index is 13.9. The second-order valence-corrected chi connectivity index (χ2v) is 12.4. The monoisotopic (exact) mass is 598 g/mol. The van der Waals surface area contributed by atoms with Crippen LogP contribution in [0.2, 0.25) is 0 Å². The minimum Gasteiger partial charge on any atom is -0.463 e. The third-order valence-electron chi connectivity index (χ3n) is 6.59. The molecule has 0 aliphatic carbocycles. The molecule has 10 nitrogen and oxygen atoms in total. The second-order valence-electron chi connectivity index (χ2n) is 12.4. The van der Waals surface area contributed by atoms with Crippen molar-refractivity contribution in [3.63, 3.8) is 0 Å². The minimum atomic E-state index is -1.20. The molecule has 0 saturated carbocycles. The first-order valence-corrected chi connectivity index (χ1v) is 14.3. The zero-order valence-electron chi connectivity index (χ0n) is 26.3. The lowest BCUT2D eigenvalue weighted by Crippen LogP contribution is -2.34. The van der Waals surface area contributed by atoms with E-state index in [1.165, 1.54) is 11.0 Å². The fourth-order valence-electron chi connectivity index (χ4n) is 4.66. The molecule has 1 N–H and O–H groups in total. The van der Waals surface area contributed by atoms with Crippen molar-refractivity contribution in [2.45, 2.75) is 66.4 Å². The van der Waals surface area contributed by atoms with Gasteiger partial charge in [0, 0.05) is 28.6 Å². The van der Waals surface area contributed by atoms with Crippen LogP contribution in [0.15, 0.2) is 60.8 Å². The third kappa shape index (κ3) is 7.14. The fraction of sp³-hybridized carbons (Fsp3) is 0.324. The molecule has 10 heteroatoms. The van der Waals surface area contributed by atoms with Crippen LogP contribution in [0.3, 0.4) is 0 Å². The van der Waals surface area contributed by atoms with E-state index < -0.39 is 29.2 Å². The maximum atomic E-state index is 13.9. The fourth-order valence-corrected chi connectivity index (χ4v) is 4.66. The largest absolute Gasteiger partial charge is 0.463 e. The number of hydrogen-bond acceptors (Lipinski definition) is 7. The van der Waals surface area contributed by atoms with Gasteiger partial charge in [-0.2, -0.15) is 9.78 Å². The van der Waals surface area contributed by atoms with Crippen LogP contribution in [0, 0.1) is 6.92 Å². The number of hydrogen-bond donors (Lipinski definition) is 1. The van der Waals surface area contributed by atoms with Gasteiger partial charge in [-0.05, 0) is 82.2 Å². The molecule has 2 aromatic carbocycles. The lowest BCUT2D eigenvalue weighted by molar-refractivity contribution is -0.137. The Bertz CT molecular complexity index is 1760. The Morgan fingerprint density at radius 3 is 2.39 bits per heavy atom. The molecule has 0 radical (unpaired) electrons. The molecule has 0 aliphatic rings. The molecule has 2 aromatic heterocycles. The van der Waals surface area contributed by atoms with Gasteiger partial charge in [0.25, 0.3) is 0 Å². The molecule has 0 spiro atoms. The van der Waals surface area contributed by atoms with Crippen LogP contribution in [0.5, 0.6) is 0 Å². The molecule has 4 rings (SSSR count). The molecule has 230 valence electrons. The number of ether oxygens (including phenoxy) is 2. The van der Waals surface area contributed by atoms with E-state index in [4.69, 9.17) is 9.47 Å². The van der Waals surface area contributed by atoms with Gasteiger partial charge in [-0.1, -0.05) is 39.0 Å². The van der Waals surface area contributed by atoms with Crippen molar-refractivity contribution in [1.29, 1.82) is 0 Å². The van der Waals surface area contributed by atoms with Gasteiger partial charge in [-0.25, -0.2) is 19.3 Å². The molecule has 0 atom stereocenters. The van der Waals surface area contributed by atoms with Gasteiger partial charge in [0.05, 0.1) is 34.9 Å². The van der Waals surface area contributed by atoms with Crippen molar-refractivity contribution < 1.29 is 29.0 Å². The molecule has 0 fully saturated rings. The first-order valence-electron chi connectivity index (χ1n) is 14.3. The first-order chi connectivity index (χ1) is 20.6. The molecule has 2 heterocycles. The SMILES string of the molecule is CCOC(=O)C=Cc1cccc(-c2cc(N(C(=O)OC(C)(C)C)c3ccc4c(c3)c(C(C)(C)C)nn4C(=O)O)c(C)cn2)c1. The van der Waals surface area contributed by atoms with Crippen molar-refractivity contribution in [2.75, 3.05) is 11.5 Å². The Hall–Kier alpha value is -4.99. The van der Waals surface area contributed by atoms with Crippen LogP contribution < -0.4 is 4.90 Å². The van der Waals surface area contributed by atoms with Gasteiger partial charge >= 0.3 is 18.2 Å². The van der Waals surface area contributed by atoms with Crippen LogP contribution in [-0.2, 0) is 19.7 Å². The van der Waals surface area contributed by atoms with E-state index in [1.807, 2.05) is 58.0 Å². The van der Waals surface area contributed by atoms with E-state index in [2.05, 4.69) is 10.1 Å². The van der Waals surface area contributed by atoms with Gasteiger partial charge < -0.3 is 14.6 Å². The van der Waals surface area contributed by atoms with Gasteiger partial charge in [-0.15, -0.1) is 0 Å². The number of pyridine rings is 1.